The fourth-order valence-corrected chi connectivity index (χ4v) is 4.09. The maximum Gasteiger partial charge on any atom is 0.513 e. The second-order valence-electron chi connectivity index (χ2n) is 6.57. The van der Waals surface area contributed by atoms with Crippen LogP contribution in [-0.2, 0) is 20.7 Å². The molecule has 2 atom stereocenters. The van der Waals surface area contributed by atoms with E-state index in [1.165, 1.54) is 31.2 Å². The van der Waals surface area contributed by atoms with Crippen LogP contribution in [0.4, 0.5) is 0 Å². The Hall–Kier alpha value is -3.59. The van der Waals surface area contributed by atoms with Gasteiger partial charge in [0, 0.05) is 0 Å². The molecule has 0 aliphatic carbocycles. The van der Waals surface area contributed by atoms with Crippen molar-refractivity contribution in [2.24, 2.45) is 0 Å². The van der Waals surface area contributed by atoms with Crippen LogP contribution < -0.4 is 14.1 Å². The quantitative estimate of drug-likeness (QED) is 0.378. The van der Waals surface area contributed by atoms with Crippen LogP contribution in [0.5, 0.6) is 11.5 Å². The van der Waals surface area contributed by atoms with Gasteiger partial charge < -0.3 is 13.8 Å². The van der Waals surface area contributed by atoms with Crippen LogP contribution >= 0.6 is 7.75 Å². The van der Waals surface area contributed by atoms with E-state index in [9.17, 15) is 9.36 Å². The first-order chi connectivity index (χ1) is 15.0. The molecule has 158 valence electrons. The Bertz CT molecular complexity index is 1080. The van der Waals surface area contributed by atoms with E-state index >= 15 is 0 Å². The van der Waals surface area contributed by atoms with Crippen LogP contribution in [0.1, 0.15) is 18.1 Å². The summed E-state index contributed by atoms with van der Waals surface area (Å²) >= 11 is 0. The molecule has 0 aromatic heterocycles. The molecule has 3 rings (SSSR count). The number of rotatable bonds is 9. The van der Waals surface area contributed by atoms with Gasteiger partial charge in [0.05, 0.1) is 11.6 Å². The Morgan fingerprint density at radius 1 is 0.935 bits per heavy atom. The van der Waals surface area contributed by atoms with E-state index in [4.69, 9.17) is 19.0 Å². The normalized spacial score (nSPS) is 13.3. The Morgan fingerprint density at radius 3 is 2.06 bits per heavy atom. The Kier molecular flexibility index (Phi) is 7.45. The molecule has 8 heteroatoms. The van der Waals surface area contributed by atoms with Gasteiger partial charge in [-0.05, 0) is 48.9 Å². The minimum absolute atomic E-state index is 0.0893. The summed E-state index contributed by atoms with van der Waals surface area (Å²) in [5.41, 5.74) is 1.26. The molecule has 0 aliphatic rings. The molecule has 0 saturated carbocycles. The van der Waals surface area contributed by atoms with Crippen molar-refractivity contribution in [2.75, 3.05) is 0 Å². The molecule has 0 heterocycles. The van der Waals surface area contributed by atoms with Gasteiger partial charge in [0.15, 0.2) is 0 Å². The molecule has 3 aromatic rings. The third-order valence-electron chi connectivity index (χ3n) is 4.11. The van der Waals surface area contributed by atoms with Gasteiger partial charge in [-0.2, -0.15) is 10.3 Å². The fourth-order valence-electron chi connectivity index (χ4n) is 2.56. The van der Waals surface area contributed by atoms with Gasteiger partial charge >= 0.3 is 13.7 Å². The molecule has 0 saturated heterocycles. The maximum absolute atomic E-state index is 13.5. The maximum atomic E-state index is 13.5. The third kappa shape index (κ3) is 6.71. The first kappa shape index (κ1) is 22.1. The fraction of sp³-hybridized carbons (Fsp3) is 0.130. The lowest BCUT2D eigenvalue weighted by atomic mass is 10.2. The van der Waals surface area contributed by atoms with Crippen molar-refractivity contribution in [1.29, 1.82) is 5.26 Å². The summed E-state index contributed by atoms with van der Waals surface area (Å²) in [5, 5.41) is 11.6. The second-order valence-corrected chi connectivity index (χ2v) is 8.19. The molecule has 0 spiro atoms. The number of para-hydroxylation sites is 1. The number of carbonyl (C=O) groups is 1. The summed E-state index contributed by atoms with van der Waals surface area (Å²) in [6.45, 7) is 1.60. The highest BCUT2D eigenvalue weighted by Crippen LogP contribution is 2.45. The van der Waals surface area contributed by atoms with Crippen molar-refractivity contribution in [3.8, 4) is 17.6 Å². The summed E-state index contributed by atoms with van der Waals surface area (Å²) in [4.78, 5) is 12.4. The van der Waals surface area contributed by atoms with Crippen molar-refractivity contribution < 1.29 is 23.1 Å². The highest BCUT2D eigenvalue weighted by Gasteiger charge is 2.33. The van der Waals surface area contributed by atoms with Crippen molar-refractivity contribution in [2.45, 2.75) is 19.6 Å². The Balaban J connectivity index is 1.72. The second kappa shape index (κ2) is 10.4. The predicted molar refractivity (Wildman–Crippen MR) is 115 cm³/mol. The van der Waals surface area contributed by atoms with E-state index in [-0.39, 0.29) is 12.4 Å². The van der Waals surface area contributed by atoms with Gasteiger partial charge in [0.1, 0.15) is 24.1 Å². The number of benzene rings is 3. The SMILES string of the molecule is C[C@H](NP(=O)(Oc1ccccc1)Oc1ccc(C#N)cc1)C(=O)OCc1ccccc1. The number of carbonyl (C=O) groups excluding carboxylic acids is 1. The number of esters is 1. The highest BCUT2D eigenvalue weighted by atomic mass is 31.2. The minimum atomic E-state index is -4.03. The van der Waals surface area contributed by atoms with Gasteiger partial charge in [-0.1, -0.05) is 48.5 Å². The van der Waals surface area contributed by atoms with Gasteiger partial charge in [-0.3, -0.25) is 4.79 Å². The summed E-state index contributed by atoms with van der Waals surface area (Å²) in [5.74, 6) is -0.0865. The van der Waals surface area contributed by atoms with Gasteiger partial charge in [-0.15, -0.1) is 0 Å². The van der Waals surface area contributed by atoms with E-state index in [0.29, 0.717) is 11.3 Å². The van der Waals surface area contributed by atoms with Crippen LogP contribution in [-0.4, -0.2) is 12.0 Å². The number of nitriles is 1. The van der Waals surface area contributed by atoms with Gasteiger partial charge in [-0.25, -0.2) is 4.57 Å². The summed E-state index contributed by atoms with van der Waals surface area (Å²) in [7, 11) is -4.03. The minimum Gasteiger partial charge on any atom is -0.460 e. The van der Waals surface area contributed by atoms with Crippen LogP contribution in [0, 0.1) is 11.3 Å². The third-order valence-corrected chi connectivity index (χ3v) is 5.71. The first-order valence-electron chi connectivity index (χ1n) is 9.50. The zero-order chi connectivity index (χ0) is 22.1. The lowest BCUT2D eigenvalue weighted by molar-refractivity contribution is -0.146. The average molecular weight is 436 g/mol. The van der Waals surface area contributed by atoms with Crippen molar-refractivity contribution in [1.82, 2.24) is 5.09 Å². The van der Waals surface area contributed by atoms with E-state index < -0.39 is 19.8 Å². The molecule has 0 bridgehead atoms. The zero-order valence-electron chi connectivity index (χ0n) is 16.8. The number of nitrogens with one attached hydrogen (secondary N) is 1. The van der Waals surface area contributed by atoms with E-state index in [2.05, 4.69) is 5.09 Å². The molecule has 0 aliphatic heterocycles. The standard InChI is InChI=1S/C23H21N2O5P/c1-18(23(26)28-17-20-8-4-2-5-9-20)25-31(27,29-21-10-6-3-7-11-21)30-22-14-12-19(16-24)13-15-22/h2-15,18H,17H2,1H3,(H,25,27)/t18-,31?/m0/s1. The summed E-state index contributed by atoms with van der Waals surface area (Å²) < 4.78 is 30.0. The monoisotopic (exact) mass is 436 g/mol. The number of hydrogen-bond donors (Lipinski definition) is 1. The molecule has 0 fully saturated rings. The molecule has 3 aromatic carbocycles. The molecule has 0 radical (unpaired) electrons. The van der Waals surface area contributed by atoms with Crippen molar-refractivity contribution in [3.05, 3.63) is 96.1 Å². The lowest BCUT2D eigenvalue weighted by Gasteiger charge is -2.23. The van der Waals surface area contributed by atoms with Crippen LogP contribution in [0.2, 0.25) is 0 Å². The molecule has 0 amide bonds. The molecule has 31 heavy (non-hydrogen) atoms. The molecule has 1 N–H and O–H groups in total. The topological polar surface area (TPSA) is 97.6 Å². The molecule has 1 unspecified atom stereocenters. The van der Waals surface area contributed by atoms with Crippen molar-refractivity contribution in [3.63, 3.8) is 0 Å². The Morgan fingerprint density at radius 2 is 1.48 bits per heavy atom. The molecular formula is C23H21N2O5P. The van der Waals surface area contributed by atoms with Gasteiger partial charge in [0.25, 0.3) is 0 Å². The van der Waals surface area contributed by atoms with Crippen LogP contribution in [0.3, 0.4) is 0 Å². The molecular weight excluding hydrogens is 415 g/mol. The smallest absolute Gasteiger partial charge is 0.460 e. The predicted octanol–water partition coefficient (Wildman–Crippen LogP) is 4.85. The number of hydrogen-bond acceptors (Lipinski definition) is 6. The average Bonchev–Trinajstić information content (AvgIpc) is 2.79. The van der Waals surface area contributed by atoms with E-state index in [1.807, 2.05) is 36.4 Å². The van der Waals surface area contributed by atoms with Crippen LogP contribution in [0.15, 0.2) is 84.9 Å². The highest BCUT2D eigenvalue weighted by molar-refractivity contribution is 7.52. The number of ether oxygens (including phenoxy) is 1. The lowest BCUT2D eigenvalue weighted by Crippen LogP contribution is -2.35. The van der Waals surface area contributed by atoms with Crippen molar-refractivity contribution >= 4 is 13.7 Å². The first-order valence-corrected chi connectivity index (χ1v) is 11.0. The van der Waals surface area contributed by atoms with Crippen LogP contribution in [0.25, 0.3) is 0 Å². The van der Waals surface area contributed by atoms with E-state index in [1.54, 1.807) is 30.3 Å². The molecule has 7 nitrogen and oxygen atoms in total. The zero-order valence-corrected chi connectivity index (χ0v) is 17.7. The number of nitrogens with zero attached hydrogens (tertiary/aromatic N) is 1. The summed E-state index contributed by atoms with van der Waals surface area (Å²) in [6.07, 6.45) is 0. The van der Waals surface area contributed by atoms with E-state index in [0.717, 1.165) is 5.56 Å². The largest absolute Gasteiger partial charge is 0.513 e. The summed E-state index contributed by atoms with van der Waals surface area (Å²) in [6, 6.07) is 24.8. The van der Waals surface area contributed by atoms with Gasteiger partial charge in [0.2, 0.25) is 0 Å². The Labute approximate surface area is 180 Å².